The number of hydrogen-bond donors (Lipinski definition) is 0. The zero-order valence-electron chi connectivity index (χ0n) is 8.55. The molecule has 1 aliphatic carbocycles. The molecule has 1 fully saturated rings. The average molecular weight is 169 g/mol. The van der Waals surface area contributed by atoms with Crippen molar-refractivity contribution in [2.45, 2.75) is 52.6 Å². The van der Waals surface area contributed by atoms with Gasteiger partial charge in [-0.1, -0.05) is 18.5 Å². The van der Waals surface area contributed by atoms with Gasteiger partial charge in [-0.2, -0.15) is 0 Å². The Kier molecular flexibility index (Phi) is 2.45. The van der Waals surface area contributed by atoms with Crippen LogP contribution in [0, 0.1) is 5.41 Å². The molecule has 0 N–H and O–H groups in total. The fourth-order valence-corrected chi connectivity index (χ4v) is 1.18. The molecule has 2 heteroatoms. The van der Waals surface area contributed by atoms with Crippen molar-refractivity contribution in [1.29, 1.82) is 0 Å². The van der Waals surface area contributed by atoms with E-state index >= 15 is 0 Å². The van der Waals surface area contributed by atoms with Gasteiger partial charge in [-0.3, -0.25) is 0 Å². The van der Waals surface area contributed by atoms with Crippen molar-refractivity contribution >= 4 is 6.21 Å². The van der Waals surface area contributed by atoms with Gasteiger partial charge in [0, 0.05) is 11.6 Å². The van der Waals surface area contributed by atoms with Gasteiger partial charge < -0.3 is 4.84 Å². The second kappa shape index (κ2) is 3.08. The van der Waals surface area contributed by atoms with Crippen LogP contribution in [-0.2, 0) is 4.84 Å². The molecule has 1 rings (SSSR count). The smallest absolute Gasteiger partial charge is 0.129 e. The molecule has 12 heavy (non-hydrogen) atoms. The van der Waals surface area contributed by atoms with Crippen molar-refractivity contribution in [3.8, 4) is 0 Å². The van der Waals surface area contributed by atoms with Crippen LogP contribution in [0.25, 0.3) is 0 Å². The summed E-state index contributed by atoms with van der Waals surface area (Å²) in [5.74, 6) is 0. The lowest BCUT2D eigenvalue weighted by atomic mass is 9.72. The molecular formula is C10H19NO. The molecule has 0 spiro atoms. The van der Waals surface area contributed by atoms with Crippen molar-refractivity contribution in [2.24, 2.45) is 10.6 Å². The summed E-state index contributed by atoms with van der Waals surface area (Å²) in [7, 11) is 0. The lowest BCUT2D eigenvalue weighted by Gasteiger charge is -2.34. The molecule has 1 aliphatic rings. The third kappa shape index (κ3) is 2.84. The fourth-order valence-electron chi connectivity index (χ4n) is 1.18. The van der Waals surface area contributed by atoms with Gasteiger partial charge in [0.2, 0.25) is 0 Å². The normalized spacial score (nSPS) is 22.3. The van der Waals surface area contributed by atoms with E-state index < -0.39 is 0 Å². The number of oxime groups is 1. The van der Waals surface area contributed by atoms with Crippen LogP contribution in [0.2, 0.25) is 0 Å². The SMILES string of the molecule is CC1(/C=N/OC(C)(C)C)CCC1. The summed E-state index contributed by atoms with van der Waals surface area (Å²) in [4.78, 5) is 5.27. The van der Waals surface area contributed by atoms with Gasteiger partial charge in [0.05, 0.1) is 0 Å². The van der Waals surface area contributed by atoms with E-state index in [4.69, 9.17) is 4.84 Å². The maximum Gasteiger partial charge on any atom is 0.129 e. The third-order valence-corrected chi connectivity index (χ3v) is 2.19. The highest BCUT2D eigenvalue weighted by Gasteiger charge is 2.30. The van der Waals surface area contributed by atoms with Crippen LogP contribution < -0.4 is 0 Å². The molecule has 0 bridgehead atoms. The summed E-state index contributed by atoms with van der Waals surface area (Å²) in [6, 6.07) is 0. The first-order valence-corrected chi connectivity index (χ1v) is 4.64. The summed E-state index contributed by atoms with van der Waals surface area (Å²) < 4.78 is 0. The van der Waals surface area contributed by atoms with Crippen LogP contribution >= 0.6 is 0 Å². The summed E-state index contributed by atoms with van der Waals surface area (Å²) >= 11 is 0. The molecule has 0 aliphatic heterocycles. The van der Waals surface area contributed by atoms with E-state index in [1.54, 1.807) is 0 Å². The van der Waals surface area contributed by atoms with Crippen LogP contribution in [0.1, 0.15) is 47.0 Å². The van der Waals surface area contributed by atoms with Crippen LogP contribution in [0.4, 0.5) is 0 Å². The van der Waals surface area contributed by atoms with E-state index in [9.17, 15) is 0 Å². The Hall–Kier alpha value is -0.530. The summed E-state index contributed by atoms with van der Waals surface area (Å²) in [5.41, 5.74) is 0.169. The Morgan fingerprint density at radius 3 is 2.25 bits per heavy atom. The Balaban J connectivity index is 2.30. The molecule has 1 saturated carbocycles. The Labute approximate surface area is 75.0 Å². The van der Waals surface area contributed by atoms with E-state index in [1.807, 2.05) is 27.0 Å². The number of hydrogen-bond acceptors (Lipinski definition) is 2. The minimum atomic E-state index is -0.156. The first-order chi connectivity index (χ1) is 5.41. The van der Waals surface area contributed by atoms with Crippen molar-refractivity contribution in [3.05, 3.63) is 0 Å². The van der Waals surface area contributed by atoms with Gasteiger partial charge in [0.25, 0.3) is 0 Å². The molecule has 0 aromatic rings. The fraction of sp³-hybridized carbons (Fsp3) is 0.900. The average Bonchev–Trinajstić information content (AvgIpc) is 1.81. The zero-order chi connectivity index (χ0) is 9.24. The van der Waals surface area contributed by atoms with E-state index in [1.165, 1.54) is 19.3 Å². The van der Waals surface area contributed by atoms with E-state index in [-0.39, 0.29) is 5.60 Å². The lowest BCUT2D eigenvalue weighted by Crippen LogP contribution is -2.27. The minimum Gasteiger partial charge on any atom is -0.390 e. The summed E-state index contributed by atoms with van der Waals surface area (Å²) in [5, 5.41) is 4.01. The molecule has 2 nitrogen and oxygen atoms in total. The number of rotatable bonds is 2. The number of nitrogens with zero attached hydrogens (tertiary/aromatic N) is 1. The van der Waals surface area contributed by atoms with Gasteiger partial charge in [0.1, 0.15) is 5.60 Å². The topological polar surface area (TPSA) is 21.6 Å². The standard InChI is InChI=1S/C10H19NO/c1-9(2,3)12-11-8-10(4)6-5-7-10/h8H,5-7H2,1-4H3/b11-8+. The Bertz CT molecular complexity index is 175. The summed E-state index contributed by atoms with van der Waals surface area (Å²) in [6.45, 7) is 8.25. The third-order valence-electron chi connectivity index (χ3n) is 2.19. The van der Waals surface area contributed by atoms with Gasteiger partial charge in [-0.25, -0.2) is 0 Å². The van der Waals surface area contributed by atoms with E-state index in [0.717, 1.165) is 0 Å². The minimum absolute atomic E-state index is 0.156. The van der Waals surface area contributed by atoms with Crippen molar-refractivity contribution < 1.29 is 4.84 Å². The van der Waals surface area contributed by atoms with E-state index in [0.29, 0.717) is 5.41 Å². The highest BCUT2D eigenvalue weighted by Crippen LogP contribution is 2.38. The van der Waals surface area contributed by atoms with Crippen LogP contribution in [0.15, 0.2) is 5.16 Å². The second-order valence-corrected chi connectivity index (χ2v) is 4.95. The second-order valence-electron chi connectivity index (χ2n) is 4.95. The van der Waals surface area contributed by atoms with Crippen LogP contribution in [0.5, 0.6) is 0 Å². The molecule has 0 amide bonds. The predicted octanol–water partition coefficient (Wildman–Crippen LogP) is 2.98. The van der Waals surface area contributed by atoms with Gasteiger partial charge in [0.15, 0.2) is 0 Å². The molecule has 70 valence electrons. The first-order valence-electron chi connectivity index (χ1n) is 4.64. The molecule has 0 radical (unpaired) electrons. The molecule has 0 saturated heterocycles. The predicted molar refractivity (Wildman–Crippen MR) is 51.3 cm³/mol. The molecular weight excluding hydrogens is 150 g/mol. The largest absolute Gasteiger partial charge is 0.390 e. The van der Waals surface area contributed by atoms with Crippen LogP contribution in [0.3, 0.4) is 0 Å². The van der Waals surface area contributed by atoms with Crippen molar-refractivity contribution in [2.75, 3.05) is 0 Å². The molecule has 0 unspecified atom stereocenters. The van der Waals surface area contributed by atoms with E-state index in [2.05, 4.69) is 12.1 Å². The highest BCUT2D eigenvalue weighted by atomic mass is 16.6. The molecule has 0 aromatic heterocycles. The maximum absolute atomic E-state index is 5.27. The Morgan fingerprint density at radius 1 is 1.33 bits per heavy atom. The quantitative estimate of drug-likeness (QED) is 0.460. The van der Waals surface area contributed by atoms with Crippen molar-refractivity contribution in [1.82, 2.24) is 0 Å². The van der Waals surface area contributed by atoms with Gasteiger partial charge in [-0.15, -0.1) is 0 Å². The zero-order valence-corrected chi connectivity index (χ0v) is 8.55. The van der Waals surface area contributed by atoms with Gasteiger partial charge >= 0.3 is 0 Å². The highest BCUT2D eigenvalue weighted by molar-refractivity contribution is 5.65. The molecule has 0 heterocycles. The van der Waals surface area contributed by atoms with Crippen molar-refractivity contribution in [3.63, 3.8) is 0 Å². The summed E-state index contributed by atoms with van der Waals surface area (Å²) in [6.07, 6.45) is 5.80. The lowest BCUT2D eigenvalue weighted by molar-refractivity contribution is -0.000352. The molecule has 0 aromatic carbocycles. The first kappa shape index (κ1) is 9.56. The van der Waals surface area contributed by atoms with Crippen LogP contribution in [-0.4, -0.2) is 11.8 Å². The van der Waals surface area contributed by atoms with Gasteiger partial charge in [-0.05, 0) is 33.6 Å². The Morgan fingerprint density at radius 2 is 1.92 bits per heavy atom. The maximum atomic E-state index is 5.27. The monoisotopic (exact) mass is 169 g/mol. The molecule has 0 atom stereocenters.